The van der Waals surface area contributed by atoms with Crippen LogP contribution >= 0.6 is 11.3 Å². The summed E-state index contributed by atoms with van der Waals surface area (Å²) in [6.45, 7) is 2.14. The molecule has 0 fully saturated rings. The number of rotatable bonds is 3. The Hall–Kier alpha value is -1.36. The van der Waals surface area contributed by atoms with Crippen LogP contribution in [0.5, 0.6) is 0 Å². The van der Waals surface area contributed by atoms with Gasteiger partial charge >= 0.3 is 5.97 Å². The maximum absolute atomic E-state index is 11.5. The Morgan fingerprint density at radius 2 is 2.60 bits per heavy atom. The lowest BCUT2D eigenvalue weighted by Gasteiger charge is -2.14. The number of esters is 1. The van der Waals surface area contributed by atoms with Gasteiger partial charge in [-0.2, -0.15) is 11.3 Å². The molecule has 15 heavy (non-hydrogen) atoms. The lowest BCUT2D eigenvalue weighted by molar-refractivity contribution is -0.146. The van der Waals surface area contributed by atoms with Crippen LogP contribution in [0.4, 0.5) is 0 Å². The minimum atomic E-state index is -0.556. The Bertz CT molecular complexity index is 361. The monoisotopic (exact) mass is 225 g/mol. The van der Waals surface area contributed by atoms with E-state index in [1.807, 2.05) is 16.8 Å². The number of carbonyl (C=O) groups excluding carboxylic acids is 1. The van der Waals surface area contributed by atoms with E-state index in [4.69, 9.17) is 9.47 Å². The zero-order valence-electron chi connectivity index (χ0n) is 8.25. The Labute approximate surface area is 91.5 Å². The van der Waals surface area contributed by atoms with Crippen molar-refractivity contribution < 1.29 is 14.3 Å². The fourth-order valence-electron chi connectivity index (χ4n) is 1.43. The molecule has 2 heterocycles. The fraction of sp³-hybridized carbons (Fsp3) is 0.400. The molecule has 0 spiro atoms. The summed E-state index contributed by atoms with van der Waals surface area (Å²) in [6, 6.07) is 1.37. The van der Waals surface area contributed by atoms with Gasteiger partial charge in [0.15, 0.2) is 18.5 Å². The summed E-state index contributed by atoms with van der Waals surface area (Å²) >= 11 is 1.57. The maximum Gasteiger partial charge on any atom is 0.335 e. The molecule has 0 aliphatic carbocycles. The van der Waals surface area contributed by atoms with Crippen LogP contribution in [0.1, 0.15) is 18.6 Å². The molecule has 0 bridgehead atoms. The highest BCUT2D eigenvalue weighted by molar-refractivity contribution is 7.07. The topological polar surface area (TPSA) is 47.9 Å². The molecule has 2 atom stereocenters. The van der Waals surface area contributed by atoms with Gasteiger partial charge in [0.2, 0.25) is 0 Å². The quantitative estimate of drug-likeness (QED) is 0.737. The third kappa shape index (κ3) is 2.02. The largest absolute Gasteiger partial charge is 0.473 e. The van der Waals surface area contributed by atoms with Crippen LogP contribution in [0.3, 0.4) is 0 Å². The van der Waals surface area contributed by atoms with Crippen LogP contribution < -0.4 is 0 Å². The molecule has 1 aromatic heterocycles. The van der Waals surface area contributed by atoms with Crippen LogP contribution in [0, 0.1) is 0 Å². The van der Waals surface area contributed by atoms with E-state index in [1.165, 1.54) is 6.40 Å². The molecule has 0 amide bonds. The second kappa shape index (κ2) is 4.44. The average molecular weight is 225 g/mol. The van der Waals surface area contributed by atoms with Gasteiger partial charge in [-0.15, -0.1) is 0 Å². The van der Waals surface area contributed by atoms with E-state index in [-0.39, 0.29) is 12.1 Å². The number of aliphatic imine (C=N–C) groups is 1. The van der Waals surface area contributed by atoms with Crippen molar-refractivity contribution in [3.63, 3.8) is 0 Å². The van der Waals surface area contributed by atoms with Gasteiger partial charge < -0.3 is 9.47 Å². The zero-order valence-corrected chi connectivity index (χ0v) is 9.07. The lowest BCUT2D eigenvalue weighted by atomic mass is 10.1. The second-order valence-corrected chi connectivity index (χ2v) is 3.84. The third-order valence-electron chi connectivity index (χ3n) is 2.12. The number of thiophene rings is 1. The summed E-state index contributed by atoms with van der Waals surface area (Å²) in [7, 11) is 0. The fourth-order valence-corrected chi connectivity index (χ4v) is 2.11. The minimum Gasteiger partial charge on any atom is -0.473 e. The normalized spacial score (nSPS) is 23.8. The number of carbonyl (C=O) groups is 1. The van der Waals surface area contributed by atoms with E-state index in [1.54, 1.807) is 18.3 Å². The number of hydrogen-bond donors (Lipinski definition) is 0. The van der Waals surface area contributed by atoms with Crippen molar-refractivity contribution in [2.75, 3.05) is 6.61 Å². The summed E-state index contributed by atoms with van der Waals surface area (Å²) in [5.41, 5.74) is 0.968. The number of ether oxygens (including phenoxy) is 2. The van der Waals surface area contributed by atoms with E-state index in [2.05, 4.69) is 4.99 Å². The molecular weight excluding hydrogens is 214 g/mol. The molecule has 1 aromatic rings. The average Bonchev–Trinajstić information content (AvgIpc) is 2.88. The van der Waals surface area contributed by atoms with Gasteiger partial charge in [0, 0.05) is 5.56 Å². The first kappa shape index (κ1) is 10.2. The van der Waals surface area contributed by atoms with Gasteiger partial charge in [-0.1, -0.05) is 0 Å². The van der Waals surface area contributed by atoms with E-state index in [9.17, 15) is 4.79 Å². The molecule has 2 rings (SSSR count). The smallest absolute Gasteiger partial charge is 0.335 e. The van der Waals surface area contributed by atoms with E-state index in [0.29, 0.717) is 6.61 Å². The van der Waals surface area contributed by atoms with Gasteiger partial charge in [0.05, 0.1) is 6.61 Å². The molecule has 1 aliphatic heterocycles. The molecule has 4 nitrogen and oxygen atoms in total. The van der Waals surface area contributed by atoms with E-state index in [0.717, 1.165) is 5.56 Å². The summed E-state index contributed by atoms with van der Waals surface area (Å²) < 4.78 is 10.2. The predicted octanol–water partition coefficient (Wildman–Crippen LogP) is 1.78. The highest BCUT2D eigenvalue weighted by Gasteiger charge is 2.35. The molecule has 0 saturated heterocycles. The van der Waals surface area contributed by atoms with Crippen LogP contribution in [-0.2, 0) is 14.3 Å². The summed E-state index contributed by atoms with van der Waals surface area (Å²) in [4.78, 5) is 15.5. The van der Waals surface area contributed by atoms with Crippen LogP contribution in [0.15, 0.2) is 21.8 Å². The van der Waals surface area contributed by atoms with Gasteiger partial charge in [-0.05, 0) is 23.8 Å². The Balaban J connectivity index is 2.11. The van der Waals surface area contributed by atoms with Crippen molar-refractivity contribution in [3.05, 3.63) is 22.4 Å². The Kier molecular flexibility index (Phi) is 3.01. The van der Waals surface area contributed by atoms with Crippen molar-refractivity contribution in [1.82, 2.24) is 0 Å². The number of hydrogen-bond acceptors (Lipinski definition) is 5. The van der Waals surface area contributed by atoms with E-state index < -0.39 is 6.04 Å². The summed E-state index contributed by atoms with van der Waals surface area (Å²) in [6.07, 6.45) is 1.000. The first-order valence-corrected chi connectivity index (χ1v) is 5.63. The van der Waals surface area contributed by atoms with Crippen molar-refractivity contribution in [2.24, 2.45) is 4.99 Å². The first-order valence-electron chi connectivity index (χ1n) is 4.68. The molecule has 80 valence electrons. The van der Waals surface area contributed by atoms with E-state index >= 15 is 0 Å². The highest BCUT2D eigenvalue weighted by atomic mass is 32.1. The van der Waals surface area contributed by atoms with Gasteiger partial charge in [-0.3, -0.25) is 0 Å². The van der Waals surface area contributed by atoms with Crippen molar-refractivity contribution in [2.45, 2.75) is 19.1 Å². The molecule has 0 radical (unpaired) electrons. The molecule has 0 saturated carbocycles. The van der Waals surface area contributed by atoms with Gasteiger partial charge in [-0.25, -0.2) is 9.79 Å². The molecular formula is C10H11NO3S. The minimum absolute atomic E-state index is 0.324. The zero-order chi connectivity index (χ0) is 10.7. The van der Waals surface area contributed by atoms with Gasteiger partial charge in [0.25, 0.3) is 0 Å². The van der Waals surface area contributed by atoms with Crippen molar-refractivity contribution in [1.29, 1.82) is 0 Å². The second-order valence-electron chi connectivity index (χ2n) is 3.06. The van der Waals surface area contributed by atoms with Crippen LogP contribution in [0.25, 0.3) is 0 Å². The molecule has 0 N–H and O–H groups in total. The molecule has 5 heteroatoms. The third-order valence-corrected chi connectivity index (χ3v) is 2.82. The van der Waals surface area contributed by atoms with Crippen molar-refractivity contribution in [3.8, 4) is 0 Å². The molecule has 0 aromatic carbocycles. The predicted molar refractivity (Wildman–Crippen MR) is 57.1 cm³/mol. The van der Waals surface area contributed by atoms with Gasteiger partial charge in [0.1, 0.15) is 0 Å². The lowest BCUT2D eigenvalue weighted by Crippen LogP contribution is -2.25. The van der Waals surface area contributed by atoms with Crippen LogP contribution in [0.2, 0.25) is 0 Å². The first-order chi connectivity index (χ1) is 7.33. The summed E-state index contributed by atoms with van der Waals surface area (Å²) in [5, 5.41) is 3.89. The molecule has 2 unspecified atom stereocenters. The summed E-state index contributed by atoms with van der Waals surface area (Å²) in [5.74, 6) is -0.331. The number of nitrogens with zero attached hydrogens (tertiary/aromatic N) is 1. The molecule has 1 aliphatic rings. The highest BCUT2D eigenvalue weighted by Crippen LogP contribution is 2.29. The standard InChI is InChI=1S/C10H11NO3S/c1-2-13-10(12)8-9(14-6-11-8)7-3-4-15-5-7/h3-6,8-9H,2H2,1H3. The van der Waals surface area contributed by atoms with Crippen LogP contribution in [-0.4, -0.2) is 25.0 Å². The van der Waals surface area contributed by atoms with Crippen molar-refractivity contribution >= 4 is 23.7 Å². The maximum atomic E-state index is 11.5. The Morgan fingerprint density at radius 3 is 3.27 bits per heavy atom. The SMILES string of the molecule is CCOC(=O)C1N=COC1c1ccsc1. The Morgan fingerprint density at radius 1 is 1.73 bits per heavy atom.